The molecule has 1 aliphatic rings. The van der Waals surface area contributed by atoms with Crippen LogP contribution in [0.4, 0.5) is 4.79 Å². The molecule has 0 aromatic heterocycles. The summed E-state index contributed by atoms with van der Waals surface area (Å²) in [5.74, 6) is 0. The molecule has 0 saturated carbocycles. The van der Waals surface area contributed by atoms with Gasteiger partial charge in [-0.3, -0.25) is 4.90 Å². The lowest BCUT2D eigenvalue weighted by atomic mass is 10.2. The van der Waals surface area contributed by atoms with E-state index >= 15 is 0 Å². The Labute approximate surface area is 92.0 Å². The van der Waals surface area contributed by atoms with Crippen LogP contribution in [0.15, 0.2) is 0 Å². The van der Waals surface area contributed by atoms with Gasteiger partial charge in [-0.2, -0.15) is 0 Å². The minimum atomic E-state index is -0.0170. The average Bonchev–Trinajstić information content (AvgIpc) is 2.18. The van der Waals surface area contributed by atoms with Gasteiger partial charge in [0.2, 0.25) is 0 Å². The summed E-state index contributed by atoms with van der Waals surface area (Å²) in [6.07, 6.45) is 0. The van der Waals surface area contributed by atoms with Crippen LogP contribution in [0.5, 0.6) is 0 Å². The van der Waals surface area contributed by atoms with Gasteiger partial charge in [0.05, 0.1) is 0 Å². The molecule has 2 amide bonds. The van der Waals surface area contributed by atoms with Crippen LogP contribution in [0.25, 0.3) is 0 Å². The first-order chi connectivity index (χ1) is 7.00. The standard InChI is InChI=1S/C10H22N4O/c1-12(2)10(15)11-7-9-8-13(3)5-6-14(9)4/h9H,5-8H2,1-4H3,(H,11,15). The molecule has 0 aromatic carbocycles. The zero-order chi connectivity index (χ0) is 11.4. The molecule has 0 aliphatic carbocycles. The third-order valence-electron chi connectivity index (χ3n) is 2.88. The first kappa shape index (κ1) is 12.3. The molecule has 5 nitrogen and oxygen atoms in total. The Bertz CT molecular complexity index is 219. The summed E-state index contributed by atoms with van der Waals surface area (Å²) in [6, 6.07) is 0.407. The Balaban J connectivity index is 2.33. The Morgan fingerprint density at radius 2 is 2.07 bits per heavy atom. The van der Waals surface area contributed by atoms with E-state index in [4.69, 9.17) is 0 Å². The van der Waals surface area contributed by atoms with Crippen LogP contribution in [0.1, 0.15) is 0 Å². The van der Waals surface area contributed by atoms with Crippen molar-refractivity contribution in [2.75, 3.05) is 54.4 Å². The van der Waals surface area contributed by atoms with Crippen LogP contribution in [-0.2, 0) is 0 Å². The van der Waals surface area contributed by atoms with E-state index in [1.807, 2.05) is 0 Å². The second kappa shape index (κ2) is 5.32. The van der Waals surface area contributed by atoms with Gasteiger partial charge in [0, 0.05) is 46.3 Å². The number of amides is 2. The maximum Gasteiger partial charge on any atom is 0.316 e. The molecule has 0 bridgehead atoms. The molecule has 1 atom stereocenters. The SMILES string of the molecule is CN1CCN(C)C(CNC(=O)N(C)C)C1. The molecule has 1 aliphatic heterocycles. The largest absolute Gasteiger partial charge is 0.336 e. The van der Waals surface area contributed by atoms with Crippen LogP contribution in [0, 0.1) is 0 Å². The molecule has 15 heavy (non-hydrogen) atoms. The van der Waals surface area contributed by atoms with E-state index in [1.54, 1.807) is 19.0 Å². The number of nitrogens with zero attached hydrogens (tertiary/aromatic N) is 3. The third kappa shape index (κ3) is 3.68. The minimum Gasteiger partial charge on any atom is -0.336 e. The van der Waals surface area contributed by atoms with Crippen molar-refractivity contribution in [2.45, 2.75) is 6.04 Å². The van der Waals surface area contributed by atoms with Gasteiger partial charge < -0.3 is 15.1 Å². The summed E-state index contributed by atoms with van der Waals surface area (Å²) in [5, 5.41) is 2.92. The number of urea groups is 1. The van der Waals surface area contributed by atoms with Gasteiger partial charge in [-0.05, 0) is 14.1 Å². The highest BCUT2D eigenvalue weighted by atomic mass is 16.2. The van der Waals surface area contributed by atoms with Crippen LogP contribution >= 0.6 is 0 Å². The summed E-state index contributed by atoms with van der Waals surface area (Å²) in [4.78, 5) is 17.5. The molecule has 88 valence electrons. The number of carbonyl (C=O) groups excluding carboxylic acids is 1. The maximum absolute atomic E-state index is 11.4. The van der Waals surface area contributed by atoms with Gasteiger partial charge in [-0.15, -0.1) is 0 Å². The van der Waals surface area contributed by atoms with Crippen molar-refractivity contribution in [2.24, 2.45) is 0 Å². The number of carbonyl (C=O) groups is 1. The van der Waals surface area contributed by atoms with E-state index in [0.29, 0.717) is 6.04 Å². The van der Waals surface area contributed by atoms with Gasteiger partial charge in [0.1, 0.15) is 0 Å². The van der Waals surface area contributed by atoms with E-state index in [1.165, 1.54) is 0 Å². The number of hydrogen-bond acceptors (Lipinski definition) is 3. The smallest absolute Gasteiger partial charge is 0.316 e. The first-order valence-corrected chi connectivity index (χ1v) is 5.34. The minimum absolute atomic E-state index is 0.0170. The molecule has 1 rings (SSSR count). The lowest BCUT2D eigenvalue weighted by Gasteiger charge is -2.37. The summed E-state index contributed by atoms with van der Waals surface area (Å²) in [5.41, 5.74) is 0. The number of rotatable bonds is 2. The molecule has 1 N–H and O–H groups in total. The molecule has 5 heteroatoms. The highest BCUT2D eigenvalue weighted by molar-refractivity contribution is 5.73. The van der Waals surface area contributed by atoms with E-state index < -0.39 is 0 Å². The van der Waals surface area contributed by atoms with Gasteiger partial charge in [-0.25, -0.2) is 4.79 Å². The fraction of sp³-hybridized carbons (Fsp3) is 0.900. The van der Waals surface area contributed by atoms with E-state index in [-0.39, 0.29) is 6.03 Å². The lowest BCUT2D eigenvalue weighted by molar-refractivity contribution is 0.113. The molecule has 1 heterocycles. The van der Waals surface area contributed by atoms with Gasteiger partial charge in [0.25, 0.3) is 0 Å². The second-order valence-corrected chi connectivity index (χ2v) is 4.48. The summed E-state index contributed by atoms with van der Waals surface area (Å²) in [7, 11) is 7.74. The predicted octanol–water partition coefficient (Wildman–Crippen LogP) is -0.497. The predicted molar refractivity (Wildman–Crippen MR) is 61.0 cm³/mol. The summed E-state index contributed by atoms with van der Waals surface area (Å²) >= 11 is 0. The van der Waals surface area contributed by atoms with Crippen LogP contribution < -0.4 is 5.32 Å². The van der Waals surface area contributed by atoms with Gasteiger partial charge in [-0.1, -0.05) is 0 Å². The zero-order valence-corrected chi connectivity index (χ0v) is 10.2. The Morgan fingerprint density at radius 3 is 2.67 bits per heavy atom. The van der Waals surface area contributed by atoms with Crippen molar-refractivity contribution in [3.05, 3.63) is 0 Å². The van der Waals surface area contributed by atoms with Crippen molar-refractivity contribution >= 4 is 6.03 Å². The molecule has 1 unspecified atom stereocenters. The molecule has 0 aromatic rings. The summed E-state index contributed by atoms with van der Waals surface area (Å²) < 4.78 is 0. The van der Waals surface area contributed by atoms with Crippen molar-refractivity contribution in [1.82, 2.24) is 20.0 Å². The molecular formula is C10H22N4O. The van der Waals surface area contributed by atoms with Crippen molar-refractivity contribution in [3.8, 4) is 0 Å². The second-order valence-electron chi connectivity index (χ2n) is 4.48. The number of likely N-dealkylation sites (N-methyl/N-ethyl adjacent to an activating group) is 2. The fourth-order valence-electron chi connectivity index (χ4n) is 1.69. The molecule has 0 radical (unpaired) electrons. The molecular weight excluding hydrogens is 192 g/mol. The topological polar surface area (TPSA) is 38.8 Å². The highest BCUT2D eigenvalue weighted by Crippen LogP contribution is 2.04. The van der Waals surface area contributed by atoms with Crippen molar-refractivity contribution in [1.29, 1.82) is 0 Å². The molecule has 1 fully saturated rings. The molecule has 0 spiro atoms. The lowest BCUT2D eigenvalue weighted by Crippen LogP contribution is -2.55. The van der Waals surface area contributed by atoms with Crippen molar-refractivity contribution < 1.29 is 4.79 Å². The zero-order valence-electron chi connectivity index (χ0n) is 10.2. The fourth-order valence-corrected chi connectivity index (χ4v) is 1.69. The van der Waals surface area contributed by atoms with E-state index in [9.17, 15) is 4.79 Å². The van der Waals surface area contributed by atoms with E-state index in [2.05, 4.69) is 29.2 Å². The number of nitrogens with one attached hydrogen (secondary N) is 1. The third-order valence-corrected chi connectivity index (χ3v) is 2.88. The number of hydrogen-bond donors (Lipinski definition) is 1. The van der Waals surface area contributed by atoms with Crippen LogP contribution in [0.2, 0.25) is 0 Å². The first-order valence-electron chi connectivity index (χ1n) is 5.34. The average molecular weight is 214 g/mol. The normalized spacial score (nSPS) is 23.9. The Morgan fingerprint density at radius 1 is 1.40 bits per heavy atom. The Hall–Kier alpha value is -0.810. The maximum atomic E-state index is 11.4. The van der Waals surface area contributed by atoms with E-state index in [0.717, 1.165) is 26.2 Å². The van der Waals surface area contributed by atoms with Crippen LogP contribution in [0.3, 0.4) is 0 Å². The summed E-state index contributed by atoms with van der Waals surface area (Å²) in [6.45, 7) is 3.91. The van der Waals surface area contributed by atoms with Gasteiger partial charge in [0.15, 0.2) is 0 Å². The van der Waals surface area contributed by atoms with Gasteiger partial charge >= 0.3 is 6.03 Å². The van der Waals surface area contributed by atoms with Crippen LogP contribution in [-0.4, -0.2) is 81.1 Å². The Kier molecular flexibility index (Phi) is 4.35. The molecule has 1 saturated heterocycles. The quantitative estimate of drug-likeness (QED) is 0.674. The number of piperazine rings is 1. The van der Waals surface area contributed by atoms with Crippen molar-refractivity contribution in [3.63, 3.8) is 0 Å². The monoisotopic (exact) mass is 214 g/mol. The highest BCUT2D eigenvalue weighted by Gasteiger charge is 2.22.